The maximum absolute atomic E-state index is 13.6. The second-order valence-corrected chi connectivity index (χ2v) is 4.41. The number of carbonyl (C=O) groups is 1. The summed E-state index contributed by atoms with van der Waals surface area (Å²) in [6.45, 7) is 2.07. The Morgan fingerprint density at radius 3 is 2.89 bits per heavy atom. The van der Waals surface area contributed by atoms with Gasteiger partial charge in [0.2, 0.25) is 5.91 Å². The molecule has 1 unspecified atom stereocenters. The summed E-state index contributed by atoms with van der Waals surface area (Å²) in [5.74, 6) is -0.399. The normalized spacial score (nSPS) is 18.4. The van der Waals surface area contributed by atoms with Crippen LogP contribution in [0.1, 0.15) is 26.2 Å². The standard InChI is InChI=1S/C13H17FN2O2/c1-3-4-8-5-13(17)16-10-6-9(14)12(18-2)7-11(10)15-8/h6-8,15H,3-5H2,1-2H3,(H,16,17). The van der Waals surface area contributed by atoms with Crippen LogP contribution in [-0.4, -0.2) is 19.1 Å². The fourth-order valence-corrected chi connectivity index (χ4v) is 2.15. The van der Waals surface area contributed by atoms with Gasteiger partial charge in [0.15, 0.2) is 11.6 Å². The highest BCUT2D eigenvalue weighted by Crippen LogP contribution is 2.33. The summed E-state index contributed by atoms with van der Waals surface area (Å²) in [5.41, 5.74) is 1.18. The number of ether oxygens (including phenoxy) is 1. The zero-order chi connectivity index (χ0) is 13.1. The molecule has 4 nitrogen and oxygen atoms in total. The fourth-order valence-electron chi connectivity index (χ4n) is 2.15. The number of amides is 1. The average Bonchev–Trinajstić information content (AvgIpc) is 2.46. The van der Waals surface area contributed by atoms with Crippen LogP contribution >= 0.6 is 0 Å². The molecule has 0 fully saturated rings. The molecule has 0 saturated carbocycles. The Labute approximate surface area is 106 Å². The number of nitrogens with one attached hydrogen (secondary N) is 2. The first-order valence-electron chi connectivity index (χ1n) is 6.08. The molecule has 1 heterocycles. The minimum absolute atomic E-state index is 0.0754. The molecule has 1 aromatic carbocycles. The molecule has 2 N–H and O–H groups in total. The molecule has 1 aromatic rings. The molecular weight excluding hydrogens is 235 g/mol. The zero-order valence-corrected chi connectivity index (χ0v) is 10.5. The highest BCUT2D eigenvalue weighted by Gasteiger charge is 2.21. The molecule has 0 radical (unpaired) electrons. The summed E-state index contributed by atoms with van der Waals surface area (Å²) in [6, 6.07) is 2.94. The van der Waals surface area contributed by atoms with Crippen molar-refractivity contribution in [1.29, 1.82) is 0 Å². The van der Waals surface area contributed by atoms with Crippen LogP contribution in [0.15, 0.2) is 12.1 Å². The summed E-state index contributed by atoms with van der Waals surface area (Å²) in [6.07, 6.45) is 2.28. The molecule has 1 aliphatic rings. The summed E-state index contributed by atoms with van der Waals surface area (Å²) in [7, 11) is 1.42. The Morgan fingerprint density at radius 1 is 1.44 bits per heavy atom. The first kappa shape index (κ1) is 12.7. The number of benzene rings is 1. The van der Waals surface area contributed by atoms with Gasteiger partial charge in [-0.15, -0.1) is 0 Å². The lowest BCUT2D eigenvalue weighted by Crippen LogP contribution is -2.22. The van der Waals surface area contributed by atoms with Crippen LogP contribution in [-0.2, 0) is 4.79 Å². The van der Waals surface area contributed by atoms with E-state index in [1.54, 1.807) is 6.07 Å². The first-order valence-corrected chi connectivity index (χ1v) is 6.08. The topological polar surface area (TPSA) is 50.4 Å². The summed E-state index contributed by atoms with van der Waals surface area (Å²) < 4.78 is 18.5. The van der Waals surface area contributed by atoms with E-state index in [0.29, 0.717) is 17.8 Å². The van der Waals surface area contributed by atoms with Gasteiger partial charge in [-0.05, 0) is 6.42 Å². The highest BCUT2D eigenvalue weighted by atomic mass is 19.1. The molecule has 0 aromatic heterocycles. The van der Waals surface area contributed by atoms with E-state index in [4.69, 9.17) is 4.74 Å². The molecule has 0 aliphatic carbocycles. The minimum Gasteiger partial charge on any atom is -0.494 e. The number of halogens is 1. The van der Waals surface area contributed by atoms with Gasteiger partial charge in [0.25, 0.3) is 0 Å². The lowest BCUT2D eigenvalue weighted by Gasteiger charge is -2.16. The quantitative estimate of drug-likeness (QED) is 0.869. The maximum atomic E-state index is 13.6. The molecule has 1 amide bonds. The van der Waals surface area contributed by atoms with Crippen LogP contribution in [0.4, 0.5) is 15.8 Å². The van der Waals surface area contributed by atoms with E-state index in [0.717, 1.165) is 12.8 Å². The largest absolute Gasteiger partial charge is 0.494 e. The van der Waals surface area contributed by atoms with Crippen molar-refractivity contribution in [2.75, 3.05) is 17.7 Å². The van der Waals surface area contributed by atoms with E-state index in [2.05, 4.69) is 17.6 Å². The van der Waals surface area contributed by atoms with Gasteiger partial charge < -0.3 is 15.4 Å². The van der Waals surface area contributed by atoms with Crippen molar-refractivity contribution in [2.45, 2.75) is 32.2 Å². The number of methoxy groups -OCH3 is 1. The fraction of sp³-hybridized carbons (Fsp3) is 0.462. The van der Waals surface area contributed by atoms with Gasteiger partial charge in [0.1, 0.15) is 0 Å². The van der Waals surface area contributed by atoms with E-state index in [-0.39, 0.29) is 17.7 Å². The van der Waals surface area contributed by atoms with Crippen molar-refractivity contribution >= 4 is 17.3 Å². The van der Waals surface area contributed by atoms with Gasteiger partial charge in [-0.1, -0.05) is 13.3 Å². The van der Waals surface area contributed by atoms with Crippen molar-refractivity contribution in [3.63, 3.8) is 0 Å². The van der Waals surface area contributed by atoms with Crippen LogP contribution in [0.3, 0.4) is 0 Å². The summed E-state index contributed by atoms with van der Waals surface area (Å²) in [4.78, 5) is 11.7. The molecule has 5 heteroatoms. The van der Waals surface area contributed by atoms with Crippen molar-refractivity contribution < 1.29 is 13.9 Å². The Morgan fingerprint density at radius 2 is 2.22 bits per heavy atom. The second kappa shape index (κ2) is 5.25. The third-order valence-corrected chi connectivity index (χ3v) is 2.99. The zero-order valence-electron chi connectivity index (χ0n) is 10.5. The van der Waals surface area contributed by atoms with Gasteiger partial charge in [0, 0.05) is 24.6 Å². The summed E-state index contributed by atoms with van der Waals surface area (Å²) >= 11 is 0. The minimum atomic E-state index is -0.479. The SMILES string of the molecule is CCCC1CC(=O)Nc2cc(F)c(OC)cc2N1. The van der Waals surface area contributed by atoms with Gasteiger partial charge in [-0.25, -0.2) is 4.39 Å². The molecule has 1 atom stereocenters. The van der Waals surface area contributed by atoms with E-state index in [1.807, 2.05) is 0 Å². The number of fused-ring (bicyclic) bond motifs is 1. The Balaban J connectivity index is 2.35. The van der Waals surface area contributed by atoms with Crippen molar-refractivity contribution in [1.82, 2.24) is 0 Å². The highest BCUT2D eigenvalue weighted by molar-refractivity contribution is 5.96. The van der Waals surface area contributed by atoms with E-state index >= 15 is 0 Å². The van der Waals surface area contributed by atoms with E-state index in [9.17, 15) is 9.18 Å². The lowest BCUT2D eigenvalue weighted by atomic mass is 10.1. The van der Waals surface area contributed by atoms with Crippen molar-refractivity contribution in [3.8, 4) is 5.75 Å². The molecule has 0 bridgehead atoms. The van der Waals surface area contributed by atoms with Gasteiger partial charge in [0.05, 0.1) is 18.5 Å². The Bertz CT molecular complexity index is 463. The van der Waals surface area contributed by atoms with E-state index in [1.165, 1.54) is 13.2 Å². The van der Waals surface area contributed by atoms with Crippen LogP contribution in [0.25, 0.3) is 0 Å². The third-order valence-electron chi connectivity index (χ3n) is 2.99. The van der Waals surface area contributed by atoms with E-state index < -0.39 is 5.82 Å². The van der Waals surface area contributed by atoms with Crippen LogP contribution in [0.2, 0.25) is 0 Å². The van der Waals surface area contributed by atoms with Crippen LogP contribution < -0.4 is 15.4 Å². The van der Waals surface area contributed by atoms with Crippen molar-refractivity contribution in [3.05, 3.63) is 17.9 Å². The van der Waals surface area contributed by atoms with Crippen LogP contribution in [0.5, 0.6) is 5.75 Å². The molecule has 18 heavy (non-hydrogen) atoms. The second-order valence-electron chi connectivity index (χ2n) is 4.41. The molecule has 1 aliphatic heterocycles. The molecule has 98 valence electrons. The Kier molecular flexibility index (Phi) is 3.69. The van der Waals surface area contributed by atoms with Crippen LogP contribution in [0, 0.1) is 5.82 Å². The lowest BCUT2D eigenvalue weighted by molar-refractivity contribution is -0.116. The third kappa shape index (κ3) is 2.55. The predicted molar refractivity (Wildman–Crippen MR) is 68.5 cm³/mol. The van der Waals surface area contributed by atoms with Crippen molar-refractivity contribution in [2.24, 2.45) is 0 Å². The summed E-state index contributed by atoms with van der Waals surface area (Å²) in [5, 5.41) is 5.97. The number of anilines is 2. The number of hydrogen-bond donors (Lipinski definition) is 2. The average molecular weight is 252 g/mol. The van der Waals surface area contributed by atoms with Gasteiger partial charge >= 0.3 is 0 Å². The molecule has 0 saturated heterocycles. The molecule has 0 spiro atoms. The smallest absolute Gasteiger partial charge is 0.226 e. The Hall–Kier alpha value is -1.78. The van der Waals surface area contributed by atoms with Gasteiger partial charge in [-0.3, -0.25) is 4.79 Å². The predicted octanol–water partition coefficient (Wildman–Crippen LogP) is 2.76. The van der Waals surface area contributed by atoms with Gasteiger partial charge in [-0.2, -0.15) is 0 Å². The molecular formula is C13H17FN2O2. The monoisotopic (exact) mass is 252 g/mol. The number of carbonyl (C=O) groups excluding carboxylic acids is 1. The number of rotatable bonds is 3. The first-order chi connectivity index (χ1) is 8.63. The number of hydrogen-bond acceptors (Lipinski definition) is 3. The maximum Gasteiger partial charge on any atom is 0.226 e. The molecule has 2 rings (SSSR count).